The third kappa shape index (κ3) is 2.64. The molecule has 1 N–H and O–H groups in total. The van der Waals surface area contributed by atoms with Crippen LogP contribution in [0.4, 0.5) is 0 Å². The Morgan fingerprint density at radius 2 is 1.88 bits per heavy atom. The molecule has 0 spiro atoms. The molecule has 0 aliphatic carbocycles. The van der Waals surface area contributed by atoms with Crippen molar-refractivity contribution < 1.29 is 4.79 Å². The molecule has 0 unspecified atom stereocenters. The molecular formula is C15H17NO. The minimum Gasteiger partial charge on any atom is -0.367 e. The zero-order valence-corrected chi connectivity index (χ0v) is 10.2. The van der Waals surface area contributed by atoms with Crippen LogP contribution in [0.25, 0.3) is 0 Å². The van der Waals surface area contributed by atoms with Gasteiger partial charge in [0.05, 0.1) is 0 Å². The average molecular weight is 227 g/mol. The molecule has 88 valence electrons. The van der Waals surface area contributed by atoms with E-state index in [1.165, 1.54) is 0 Å². The van der Waals surface area contributed by atoms with Crippen molar-refractivity contribution in [3.8, 4) is 0 Å². The van der Waals surface area contributed by atoms with E-state index in [1.807, 2.05) is 36.5 Å². The van der Waals surface area contributed by atoms with Gasteiger partial charge in [-0.25, -0.2) is 0 Å². The van der Waals surface area contributed by atoms with Gasteiger partial charge >= 0.3 is 0 Å². The number of nitrogens with one attached hydrogen (secondary N) is 1. The predicted octanol–water partition coefficient (Wildman–Crippen LogP) is 3.44. The smallest absolute Gasteiger partial charge is 0.194 e. The average Bonchev–Trinajstić information content (AvgIpc) is 2.76. The van der Waals surface area contributed by atoms with E-state index in [0.29, 0.717) is 5.92 Å². The van der Waals surface area contributed by atoms with Crippen LogP contribution in [0.2, 0.25) is 0 Å². The zero-order valence-electron chi connectivity index (χ0n) is 10.2. The lowest BCUT2D eigenvalue weighted by molar-refractivity contribution is 0.103. The van der Waals surface area contributed by atoms with Crippen LogP contribution in [0.3, 0.4) is 0 Å². The summed E-state index contributed by atoms with van der Waals surface area (Å²) < 4.78 is 0. The summed E-state index contributed by atoms with van der Waals surface area (Å²) in [5.41, 5.74) is 2.65. The van der Waals surface area contributed by atoms with Crippen LogP contribution in [-0.2, 0) is 6.42 Å². The lowest BCUT2D eigenvalue weighted by Crippen LogP contribution is -2.04. The number of carbonyl (C=O) groups is 1. The second-order valence-corrected chi connectivity index (χ2v) is 4.69. The number of benzene rings is 1. The molecular weight excluding hydrogens is 210 g/mol. The van der Waals surface area contributed by atoms with Crippen LogP contribution in [0.5, 0.6) is 0 Å². The van der Waals surface area contributed by atoms with Crippen LogP contribution in [0, 0.1) is 5.92 Å². The van der Waals surface area contributed by atoms with E-state index < -0.39 is 0 Å². The maximum atomic E-state index is 12.3. The molecule has 2 nitrogen and oxygen atoms in total. The quantitative estimate of drug-likeness (QED) is 0.797. The first kappa shape index (κ1) is 11.6. The van der Waals surface area contributed by atoms with Gasteiger partial charge in [0, 0.05) is 23.5 Å². The number of carbonyl (C=O) groups excluding carboxylic acids is 1. The number of aromatic nitrogens is 1. The molecule has 0 bridgehead atoms. The fraction of sp³-hybridized carbons (Fsp3) is 0.267. The molecule has 0 radical (unpaired) electrons. The first-order valence-corrected chi connectivity index (χ1v) is 5.94. The molecule has 0 aliphatic heterocycles. The van der Waals surface area contributed by atoms with Crippen LogP contribution in [0.1, 0.15) is 35.3 Å². The van der Waals surface area contributed by atoms with Gasteiger partial charge in [-0.05, 0) is 17.9 Å². The molecule has 0 amide bonds. The van der Waals surface area contributed by atoms with Crippen molar-refractivity contribution in [1.29, 1.82) is 0 Å². The lowest BCUT2D eigenvalue weighted by atomic mass is 9.97. The van der Waals surface area contributed by atoms with Crippen molar-refractivity contribution in [3.05, 3.63) is 59.4 Å². The third-order valence-electron chi connectivity index (χ3n) is 2.74. The van der Waals surface area contributed by atoms with E-state index in [0.717, 1.165) is 23.1 Å². The topological polar surface area (TPSA) is 32.9 Å². The SMILES string of the molecule is CC(C)Cc1c[nH]cc1C(=O)c1ccccc1. The van der Waals surface area contributed by atoms with E-state index in [4.69, 9.17) is 0 Å². The number of rotatable bonds is 4. The van der Waals surface area contributed by atoms with Gasteiger partial charge in [0.25, 0.3) is 0 Å². The van der Waals surface area contributed by atoms with Crippen LogP contribution in [0.15, 0.2) is 42.7 Å². The second-order valence-electron chi connectivity index (χ2n) is 4.69. The van der Waals surface area contributed by atoms with Crippen LogP contribution >= 0.6 is 0 Å². The number of ketones is 1. The molecule has 0 saturated carbocycles. The van der Waals surface area contributed by atoms with E-state index in [-0.39, 0.29) is 5.78 Å². The standard InChI is InChI=1S/C15H17NO/c1-11(2)8-13-9-16-10-14(13)15(17)12-6-4-3-5-7-12/h3-7,9-11,16H,8H2,1-2H3. The summed E-state index contributed by atoms with van der Waals surface area (Å²) in [7, 11) is 0. The minimum atomic E-state index is 0.0995. The Kier molecular flexibility index (Phi) is 3.43. The molecule has 17 heavy (non-hydrogen) atoms. The highest BCUT2D eigenvalue weighted by Gasteiger charge is 2.14. The van der Waals surface area contributed by atoms with Crippen molar-refractivity contribution in [2.45, 2.75) is 20.3 Å². The first-order valence-electron chi connectivity index (χ1n) is 5.94. The van der Waals surface area contributed by atoms with Crippen molar-refractivity contribution >= 4 is 5.78 Å². The zero-order chi connectivity index (χ0) is 12.3. The summed E-state index contributed by atoms with van der Waals surface area (Å²) in [5, 5.41) is 0. The molecule has 0 atom stereocenters. The van der Waals surface area contributed by atoms with E-state index >= 15 is 0 Å². The van der Waals surface area contributed by atoms with Gasteiger partial charge in [-0.1, -0.05) is 44.2 Å². The van der Waals surface area contributed by atoms with Crippen molar-refractivity contribution in [2.75, 3.05) is 0 Å². The molecule has 2 heteroatoms. The predicted molar refractivity (Wildman–Crippen MR) is 69.2 cm³/mol. The highest BCUT2D eigenvalue weighted by atomic mass is 16.1. The third-order valence-corrected chi connectivity index (χ3v) is 2.74. The van der Waals surface area contributed by atoms with Crippen molar-refractivity contribution in [1.82, 2.24) is 4.98 Å². The number of H-pyrrole nitrogens is 1. The molecule has 2 aromatic rings. The van der Waals surface area contributed by atoms with Gasteiger partial charge in [0.1, 0.15) is 0 Å². The molecule has 1 heterocycles. The van der Waals surface area contributed by atoms with Crippen LogP contribution < -0.4 is 0 Å². The largest absolute Gasteiger partial charge is 0.367 e. The summed E-state index contributed by atoms with van der Waals surface area (Å²) in [4.78, 5) is 15.3. The summed E-state index contributed by atoms with van der Waals surface area (Å²) in [6.45, 7) is 4.31. The molecule has 0 aliphatic rings. The van der Waals surface area contributed by atoms with Gasteiger partial charge in [0.15, 0.2) is 5.78 Å². The maximum Gasteiger partial charge on any atom is 0.194 e. The Bertz CT molecular complexity index is 497. The van der Waals surface area contributed by atoms with E-state index in [9.17, 15) is 4.79 Å². The summed E-state index contributed by atoms with van der Waals surface area (Å²) in [5.74, 6) is 0.649. The Morgan fingerprint density at radius 1 is 1.18 bits per heavy atom. The summed E-state index contributed by atoms with van der Waals surface area (Å²) in [6.07, 6.45) is 4.65. The molecule has 1 aromatic carbocycles. The fourth-order valence-electron chi connectivity index (χ4n) is 1.96. The number of aromatic amines is 1. The van der Waals surface area contributed by atoms with Gasteiger partial charge in [-0.3, -0.25) is 4.79 Å². The number of hydrogen-bond donors (Lipinski definition) is 1. The summed E-state index contributed by atoms with van der Waals surface area (Å²) in [6, 6.07) is 9.41. The molecule has 0 saturated heterocycles. The second kappa shape index (κ2) is 5.00. The van der Waals surface area contributed by atoms with Gasteiger partial charge in [0.2, 0.25) is 0 Å². The van der Waals surface area contributed by atoms with E-state index in [1.54, 1.807) is 6.20 Å². The highest BCUT2D eigenvalue weighted by molar-refractivity contribution is 6.09. The van der Waals surface area contributed by atoms with Gasteiger partial charge < -0.3 is 4.98 Å². The normalized spacial score (nSPS) is 10.8. The minimum absolute atomic E-state index is 0.0995. The molecule has 2 rings (SSSR count). The molecule has 0 fully saturated rings. The Balaban J connectivity index is 2.29. The number of hydrogen-bond acceptors (Lipinski definition) is 1. The fourth-order valence-corrected chi connectivity index (χ4v) is 1.96. The van der Waals surface area contributed by atoms with E-state index in [2.05, 4.69) is 18.8 Å². The maximum absolute atomic E-state index is 12.3. The lowest BCUT2D eigenvalue weighted by Gasteiger charge is -2.05. The molecule has 1 aromatic heterocycles. The highest BCUT2D eigenvalue weighted by Crippen LogP contribution is 2.17. The van der Waals surface area contributed by atoms with Crippen molar-refractivity contribution in [2.24, 2.45) is 5.92 Å². The van der Waals surface area contributed by atoms with Gasteiger partial charge in [-0.15, -0.1) is 0 Å². The first-order chi connectivity index (χ1) is 8.18. The Labute approximate surface area is 102 Å². The van der Waals surface area contributed by atoms with Crippen molar-refractivity contribution in [3.63, 3.8) is 0 Å². The summed E-state index contributed by atoms with van der Waals surface area (Å²) >= 11 is 0. The Morgan fingerprint density at radius 3 is 2.53 bits per heavy atom. The van der Waals surface area contributed by atoms with Gasteiger partial charge in [-0.2, -0.15) is 0 Å². The monoisotopic (exact) mass is 227 g/mol. The van der Waals surface area contributed by atoms with Crippen LogP contribution in [-0.4, -0.2) is 10.8 Å². The Hall–Kier alpha value is -1.83.